The normalized spacial score (nSPS) is 13.6. The zero-order chi connectivity index (χ0) is 17.9. The molecule has 0 spiro atoms. The van der Waals surface area contributed by atoms with Gasteiger partial charge in [-0.05, 0) is 23.8 Å². The quantitative estimate of drug-likeness (QED) is 0.787. The molecule has 130 valence electrons. The molecule has 0 bridgehead atoms. The molecule has 2 N–H and O–H groups in total. The van der Waals surface area contributed by atoms with E-state index in [0.29, 0.717) is 5.56 Å². The number of nitrogens with zero attached hydrogens (tertiary/aromatic N) is 1. The van der Waals surface area contributed by atoms with Gasteiger partial charge in [-0.25, -0.2) is 17.9 Å². The first-order chi connectivity index (χ1) is 12.0. The van der Waals surface area contributed by atoms with Crippen molar-refractivity contribution < 1.29 is 18.0 Å². The molecular weight excluding hydrogens is 342 g/mol. The van der Waals surface area contributed by atoms with Crippen LogP contribution in [0.4, 0.5) is 4.79 Å². The number of fused-ring (bicyclic) bond motifs is 1. The largest absolute Gasteiger partial charge is 0.336 e. The molecule has 0 aromatic heterocycles. The molecule has 7 nitrogen and oxygen atoms in total. The van der Waals surface area contributed by atoms with E-state index in [0.717, 1.165) is 10.5 Å². The molecular formula is C17H17N3O4S. The standard InChI is InChI=1S/C17H17N3O4S/c21-16-15-9-5-4-6-13(15)12-20(16)17(22)18-10-11-19-25(23,24)14-7-2-1-3-8-14/h1-9,19H,10-12H2,(H,18,22). The second-order valence-corrected chi connectivity index (χ2v) is 7.26. The van der Waals surface area contributed by atoms with Crippen molar-refractivity contribution >= 4 is 22.0 Å². The molecule has 0 unspecified atom stereocenters. The van der Waals surface area contributed by atoms with E-state index in [1.807, 2.05) is 6.07 Å². The molecule has 2 aromatic rings. The number of carbonyl (C=O) groups excluding carboxylic acids is 2. The number of rotatable bonds is 5. The Hall–Kier alpha value is -2.71. The predicted octanol–water partition coefficient (Wildman–Crippen LogP) is 1.33. The number of amides is 3. The van der Waals surface area contributed by atoms with Gasteiger partial charge in [0.25, 0.3) is 5.91 Å². The van der Waals surface area contributed by atoms with Crippen LogP contribution in [0.1, 0.15) is 15.9 Å². The number of imide groups is 1. The van der Waals surface area contributed by atoms with Crippen molar-refractivity contribution in [3.05, 3.63) is 65.7 Å². The number of benzene rings is 2. The van der Waals surface area contributed by atoms with E-state index >= 15 is 0 Å². The average molecular weight is 359 g/mol. The third-order valence-corrected chi connectivity index (χ3v) is 5.29. The lowest BCUT2D eigenvalue weighted by Gasteiger charge is -2.15. The van der Waals surface area contributed by atoms with E-state index in [-0.39, 0.29) is 30.4 Å². The molecule has 3 amide bonds. The predicted molar refractivity (Wildman–Crippen MR) is 91.3 cm³/mol. The first-order valence-corrected chi connectivity index (χ1v) is 9.20. The van der Waals surface area contributed by atoms with E-state index in [4.69, 9.17) is 0 Å². The summed E-state index contributed by atoms with van der Waals surface area (Å²) < 4.78 is 26.5. The number of carbonyl (C=O) groups is 2. The van der Waals surface area contributed by atoms with Crippen LogP contribution < -0.4 is 10.0 Å². The molecule has 0 saturated heterocycles. The molecule has 2 aromatic carbocycles. The summed E-state index contributed by atoms with van der Waals surface area (Å²) >= 11 is 0. The average Bonchev–Trinajstić information content (AvgIpc) is 2.97. The van der Waals surface area contributed by atoms with Crippen LogP contribution in [0.25, 0.3) is 0 Å². The Morgan fingerprint density at radius 3 is 2.40 bits per heavy atom. The summed E-state index contributed by atoms with van der Waals surface area (Å²) in [7, 11) is -3.61. The van der Waals surface area contributed by atoms with E-state index < -0.39 is 16.1 Å². The van der Waals surface area contributed by atoms with Gasteiger partial charge in [0.1, 0.15) is 0 Å². The van der Waals surface area contributed by atoms with Gasteiger partial charge in [0.05, 0.1) is 11.4 Å². The van der Waals surface area contributed by atoms with Crippen LogP contribution in [-0.2, 0) is 16.6 Å². The third-order valence-electron chi connectivity index (χ3n) is 3.81. The molecule has 0 fully saturated rings. The van der Waals surface area contributed by atoms with Gasteiger partial charge in [0.15, 0.2) is 0 Å². The molecule has 3 rings (SSSR count). The maximum atomic E-state index is 12.2. The second-order valence-electron chi connectivity index (χ2n) is 5.49. The Labute approximate surface area is 145 Å². The Morgan fingerprint density at radius 1 is 1.00 bits per heavy atom. The molecule has 0 atom stereocenters. The van der Waals surface area contributed by atoms with E-state index in [9.17, 15) is 18.0 Å². The fourth-order valence-corrected chi connectivity index (χ4v) is 3.60. The Morgan fingerprint density at radius 2 is 1.68 bits per heavy atom. The highest BCUT2D eigenvalue weighted by Gasteiger charge is 2.31. The SMILES string of the molecule is O=C(NCCNS(=O)(=O)c1ccccc1)N1Cc2ccccc2C1=O. The van der Waals surface area contributed by atoms with Gasteiger partial charge in [-0.1, -0.05) is 36.4 Å². The smallest absolute Gasteiger partial charge is 0.324 e. The minimum absolute atomic E-state index is 0.0257. The molecule has 0 saturated carbocycles. The second kappa shape index (κ2) is 7.04. The van der Waals surface area contributed by atoms with Crippen molar-refractivity contribution in [2.75, 3.05) is 13.1 Å². The highest BCUT2D eigenvalue weighted by Crippen LogP contribution is 2.21. The summed E-state index contributed by atoms with van der Waals surface area (Å²) in [6, 6.07) is 14.5. The van der Waals surface area contributed by atoms with Crippen molar-refractivity contribution in [1.82, 2.24) is 14.9 Å². The van der Waals surface area contributed by atoms with Gasteiger partial charge in [-0.3, -0.25) is 9.69 Å². The van der Waals surface area contributed by atoms with Gasteiger partial charge >= 0.3 is 6.03 Å². The summed E-state index contributed by atoms with van der Waals surface area (Å²) in [5.41, 5.74) is 1.31. The van der Waals surface area contributed by atoms with Crippen molar-refractivity contribution in [3.63, 3.8) is 0 Å². The lowest BCUT2D eigenvalue weighted by molar-refractivity contribution is 0.0821. The van der Waals surface area contributed by atoms with Crippen molar-refractivity contribution in [3.8, 4) is 0 Å². The number of hydrogen-bond acceptors (Lipinski definition) is 4. The van der Waals surface area contributed by atoms with Crippen molar-refractivity contribution in [1.29, 1.82) is 0 Å². The fraction of sp³-hybridized carbons (Fsp3) is 0.176. The highest BCUT2D eigenvalue weighted by molar-refractivity contribution is 7.89. The fourth-order valence-electron chi connectivity index (χ4n) is 2.55. The topological polar surface area (TPSA) is 95.6 Å². The van der Waals surface area contributed by atoms with Crippen molar-refractivity contribution in [2.45, 2.75) is 11.4 Å². The summed E-state index contributed by atoms with van der Waals surface area (Å²) in [6.07, 6.45) is 0. The number of nitrogens with one attached hydrogen (secondary N) is 2. The number of sulfonamides is 1. The van der Waals surface area contributed by atoms with Crippen molar-refractivity contribution in [2.24, 2.45) is 0 Å². The summed E-state index contributed by atoms with van der Waals surface area (Å²) in [6.45, 7) is 0.319. The van der Waals surface area contributed by atoms with Crippen LogP contribution in [0.5, 0.6) is 0 Å². The monoisotopic (exact) mass is 359 g/mol. The van der Waals surface area contributed by atoms with Crippen LogP contribution in [0.3, 0.4) is 0 Å². The first-order valence-electron chi connectivity index (χ1n) is 7.71. The summed E-state index contributed by atoms with van der Waals surface area (Å²) in [5.74, 6) is -0.349. The maximum absolute atomic E-state index is 12.2. The molecule has 0 radical (unpaired) electrons. The molecule has 8 heteroatoms. The maximum Gasteiger partial charge on any atom is 0.324 e. The van der Waals surface area contributed by atoms with E-state index in [2.05, 4.69) is 10.0 Å². The molecule has 1 heterocycles. The third kappa shape index (κ3) is 3.70. The van der Waals surface area contributed by atoms with Crippen LogP contribution in [0.2, 0.25) is 0 Å². The number of hydrogen-bond donors (Lipinski definition) is 2. The molecule has 1 aliphatic heterocycles. The van der Waals surface area contributed by atoms with Gasteiger partial charge in [-0.15, -0.1) is 0 Å². The highest BCUT2D eigenvalue weighted by atomic mass is 32.2. The molecule has 0 aliphatic carbocycles. The van der Waals surface area contributed by atoms with E-state index in [1.54, 1.807) is 36.4 Å². The number of urea groups is 1. The van der Waals surface area contributed by atoms with Crippen LogP contribution in [0.15, 0.2) is 59.5 Å². The Balaban J connectivity index is 1.50. The van der Waals surface area contributed by atoms with Crippen LogP contribution >= 0.6 is 0 Å². The Bertz CT molecular complexity index is 897. The summed E-state index contributed by atoms with van der Waals surface area (Å²) in [4.78, 5) is 25.6. The van der Waals surface area contributed by atoms with Gasteiger partial charge < -0.3 is 5.32 Å². The lowest BCUT2D eigenvalue weighted by Crippen LogP contribution is -2.43. The van der Waals surface area contributed by atoms with Crippen LogP contribution in [-0.4, -0.2) is 38.3 Å². The van der Waals surface area contributed by atoms with Gasteiger partial charge in [-0.2, -0.15) is 0 Å². The Kier molecular flexibility index (Phi) is 4.82. The zero-order valence-corrected chi connectivity index (χ0v) is 14.1. The van der Waals surface area contributed by atoms with Gasteiger partial charge in [0, 0.05) is 18.7 Å². The lowest BCUT2D eigenvalue weighted by atomic mass is 10.1. The zero-order valence-electron chi connectivity index (χ0n) is 13.3. The summed E-state index contributed by atoms with van der Waals surface area (Å²) in [5, 5.41) is 2.55. The van der Waals surface area contributed by atoms with Gasteiger partial charge in [0.2, 0.25) is 10.0 Å². The molecule has 1 aliphatic rings. The first kappa shape index (κ1) is 17.1. The molecule has 25 heavy (non-hydrogen) atoms. The van der Waals surface area contributed by atoms with Crippen LogP contribution in [0, 0.1) is 0 Å². The minimum Gasteiger partial charge on any atom is -0.336 e. The minimum atomic E-state index is -3.61. The van der Waals surface area contributed by atoms with E-state index in [1.165, 1.54) is 12.1 Å².